The van der Waals surface area contributed by atoms with Crippen LogP contribution in [0, 0.1) is 13.8 Å². The summed E-state index contributed by atoms with van der Waals surface area (Å²) in [5.41, 5.74) is 13.0. The summed E-state index contributed by atoms with van der Waals surface area (Å²) in [6, 6.07) is 14.0. The maximum atomic E-state index is 11.1. The Morgan fingerprint density at radius 3 is 2.60 bits per heavy atom. The minimum atomic E-state index is -0.999. The molecule has 0 aliphatic carbocycles. The number of nitrogen functional groups attached to an aromatic ring is 1. The molecule has 5 nitrogen and oxygen atoms in total. The van der Waals surface area contributed by atoms with Crippen LogP contribution in [0.15, 0.2) is 55.2 Å². The molecule has 0 atom stereocenters. The molecule has 0 saturated heterocycles. The van der Waals surface area contributed by atoms with E-state index in [4.69, 9.17) is 10.8 Å². The van der Waals surface area contributed by atoms with Crippen LogP contribution in [0.3, 0.4) is 0 Å². The van der Waals surface area contributed by atoms with Gasteiger partial charge in [0.1, 0.15) is 5.52 Å². The Balaban J connectivity index is 1.64. The van der Waals surface area contributed by atoms with Crippen LogP contribution in [0.25, 0.3) is 27.4 Å². The summed E-state index contributed by atoms with van der Waals surface area (Å²) in [7, 11) is 0. The summed E-state index contributed by atoms with van der Waals surface area (Å²) in [5.74, 6) is -0.555. The van der Waals surface area contributed by atoms with Gasteiger partial charge >= 0.3 is 5.97 Å². The van der Waals surface area contributed by atoms with Crippen LogP contribution in [0.2, 0.25) is 0 Å². The van der Waals surface area contributed by atoms with Gasteiger partial charge in [-0.3, -0.25) is 4.98 Å². The monoisotopic (exact) mass is 397 g/mol. The summed E-state index contributed by atoms with van der Waals surface area (Å²) in [4.78, 5) is 20.2. The highest BCUT2D eigenvalue weighted by Crippen LogP contribution is 2.28. The zero-order valence-electron chi connectivity index (χ0n) is 17.1. The molecule has 0 bridgehead atoms. The Hall–Kier alpha value is -3.73. The lowest BCUT2D eigenvalue weighted by atomic mass is 9.96. The number of carboxylic acid groups (broad SMARTS) is 1. The van der Waals surface area contributed by atoms with Gasteiger partial charge in [-0.2, -0.15) is 0 Å². The largest absolute Gasteiger partial charge is 0.478 e. The number of anilines is 1. The molecule has 0 radical (unpaired) electrons. The van der Waals surface area contributed by atoms with Crippen molar-refractivity contribution in [1.29, 1.82) is 0 Å². The van der Waals surface area contributed by atoms with Crippen molar-refractivity contribution in [2.45, 2.75) is 26.7 Å². The van der Waals surface area contributed by atoms with Crippen molar-refractivity contribution in [2.24, 2.45) is 0 Å². The Bertz CT molecular complexity index is 1330. The molecule has 150 valence electrons. The third kappa shape index (κ3) is 3.62. The summed E-state index contributed by atoms with van der Waals surface area (Å²) in [6.07, 6.45) is 3.51. The molecular formula is C25H23N3O2. The summed E-state index contributed by atoms with van der Waals surface area (Å²) >= 11 is 0. The molecule has 0 unspecified atom stereocenters. The van der Waals surface area contributed by atoms with Gasteiger partial charge in [0, 0.05) is 17.0 Å². The van der Waals surface area contributed by atoms with Crippen LogP contribution in [0.5, 0.6) is 0 Å². The van der Waals surface area contributed by atoms with Crippen LogP contribution in [0.1, 0.15) is 27.8 Å². The van der Waals surface area contributed by atoms with Gasteiger partial charge in [0.05, 0.1) is 11.1 Å². The first-order valence-electron chi connectivity index (χ1n) is 9.80. The fraction of sp³-hybridized carbons (Fsp3) is 0.160. The standard InChI is InChI=1S/C25H23N3O2/c1-14-4-9-20-21-12-17(13-27-23(21)24(26)28-22(20)10-14)5-6-18-7-8-19(11-15(18)2)16(3)25(29)30/h4,7-13H,3,5-6H2,1-2H3,(H2,26,28)(H,29,30). The van der Waals surface area contributed by atoms with Gasteiger partial charge in [-0.15, -0.1) is 0 Å². The van der Waals surface area contributed by atoms with Gasteiger partial charge in [0.25, 0.3) is 0 Å². The SMILES string of the molecule is C=C(C(=O)O)c1ccc(CCc2cnc3c(N)nc4cc(C)ccc4c3c2)c(C)c1. The van der Waals surface area contributed by atoms with Crippen molar-refractivity contribution in [3.05, 3.63) is 83.1 Å². The minimum Gasteiger partial charge on any atom is -0.478 e. The number of aliphatic carboxylic acids is 1. The lowest BCUT2D eigenvalue weighted by Crippen LogP contribution is -2.01. The van der Waals surface area contributed by atoms with E-state index in [2.05, 4.69) is 34.7 Å². The molecule has 4 rings (SSSR count). The van der Waals surface area contributed by atoms with Crippen LogP contribution < -0.4 is 5.73 Å². The minimum absolute atomic E-state index is 0.108. The Morgan fingerprint density at radius 2 is 1.87 bits per heavy atom. The molecule has 30 heavy (non-hydrogen) atoms. The second kappa shape index (κ2) is 7.59. The van der Waals surface area contributed by atoms with E-state index in [0.717, 1.165) is 51.3 Å². The number of nitrogens with zero attached hydrogens (tertiary/aromatic N) is 2. The van der Waals surface area contributed by atoms with Crippen LogP contribution in [0.4, 0.5) is 5.82 Å². The maximum Gasteiger partial charge on any atom is 0.335 e. The van der Waals surface area contributed by atoms with E-state index in [-0.39, 0.29) is 5.57 Å². The van der Waals surface area contributed by atoms with Crippen LogP contribution in [-0.4, -0.2) is 21.0 Å². The van der Waals surface area contributed by atoms with E-state index in [1.165, 1.54) is 5.56 Å². The van der Waals surface area contributed by atoms with Crippen LogP contribution >= 0.6 is 0 Å². The third-order valence-corrected chi connectivity index (χ3v) is 5.50. The number of aryl methyl sites for hydroxylation is 4. The molecular weight excluding hydrogens is 374 g/mol. The smallest absolute Gasteiger partial charge is 0.335 e. The zero-order valence-corrected chi connectivity index (χ0v) is 17.1. The van der Waals surface area contributed by atoms with Crippen molar-refractivity contribution < 1.29 is 9.90 Å². The van der Waals surface area contributed by atoms with Crippen molar-refractivity contribution in [1.82, 2.24) is 9.97 Å². The van der Waals surface area contributed by atoms with Crippen molar-refractivity contribution in [3.63, 3.8) is 0 Å². The molecule has 5 heteroatoms. The molecule has 0 spiro atoms. The highest BCUT2D eigenvalue weighted by Gasteiger charge is 2.11. The van der Waals surface area contributed by atoms with Gasteiger partial charge in [-0.05, 0) is 66.6 Å². The molecule has 0 aliphatic rings. The predicted molar refractivity (Wildman–Crippen MR) is 121 cm³/mol. The molecule has 0 amide bonds. The maximum absolute atomic E-state index is 11.1. The number of hydrogen-bond acceptors (Lipinski definition) is 4. The second-order valence-corrected chi connectivity index (χ2v) is 7.68. The Kier molecular flexibility index (Phi) is 4.96. The lowest BCUT2D eigenvalue weighted by Gasteiger charge is -2.11. The van der Waals surface area contributed by atoms with E-state index in [9.17, 15) is 4.79 Å². The summed E-state index contributed by atoms with van der Waals surface area (Å²) in [5, 5.41) is 11.2. The molecule has 2 heterocycles. The molecule has 0 fully saturated rings. The molecule has 3 N–H and O–H groups in total. The number of carbonyl (C=O) groups is 1. The summed E-state index contributed by atoms with van der Waals surface area (Å²) < 4.78 is 0. The number of carboxylic acids is 1. The van der Waals surface area contributed by atoms with E-state index >= 15 is 0 Å². The molecule has 2 aromatic carbocycles. The van der Waals surface area contributed by atoms with Gasteiger partial charge in [-0.1, -0.05) is 36.9 Å². The van der Waals surface area contributed by atoms with E-state index in [1.54, 1.807) is 0 Å². The Morgan fingerprint density at radius 1 is 1.07 bits per heavy atom. The van der Waals surface area contributed by atoms with E-state index < -0.39 is 5.97 Å². The highest BCUT2D eigenvalue weighted by molar-refractivity contribution is 6.14. The van der Waals surface area contributed by atoms with Crippen LogP contribution in [-0.2, 0) is 17.6 Å². The molecule has 0 saturated carbocycles. The summed E-state index contributed by atoms with van der Waals surface area (Å²) in [6.45, 7) is 7.66. The molecule has 4 aromatic rings. The van der Waals surface area contributed by atoms with Crippen molar-refractivity contribution in [3.8, 4) is 0 Å². The van der Waals surface area contributed by atoms with Gasteiger partial charge in [0.2, 0.25) is 0 Å². The number of hydrogen-bond donors (Lipinski definition) is 2. The van der Waals surface area contributed by atoms with E-state index in [1.807, 2.05) is 44.3 Å². The number of aromatic nitrogens is 2. The van der Waals surface area contributed by atoms with Gasteiger partial charge in [0.15, 0.2) is 5.82 Å². The fourth-order valence-corrected chi connectivity index (χ4v) is 3.77. The number of pyridine rings is 2. The average Bonchev–Trinajstić information content (AvgIpc) is 2.72. The number of rotatable bonds is 5. The number of fused-ring (bicyclic) bond motifs is 3. The first-order valence-corrected chi connectivity index (χ1v) is 9.80. The first-order chi connectivity index (χ1) is 14.3. The molecule has 0 aliphatic heterocycles. The highest BCUT2D eigenvalue weighted by atomic mass is 16.4. The topological polar surface area (TPSA) is 89.1 Å². The van der Waals surface area contributed by atoms with Gasteiger partial charge < -0.3 is 10.8 Å². The number of benzene rings is 2. The molecule has 2 aromatic heterocycles. The normalized spacial score (nSPS) is 11.1. The quantitative estimate of drug-likeness (QED) is 0.371. The first kappa shape index (κ1) is 19.6. The van der Waals surface area contributed by atoms with Crippen molar-refractivity contribution >= 4 is 39.2 Å². The average molecular weight is 397 g/mol. The second-order valence-electron chi connectivity index (χ2n) is 7.68. The third-order valence-electron chi connectivity index (χ3n) is 5.50. The fourth-order valence-electron chi connectivity index (χ4n) is 3.77. The van der Waals surface area contributed by atoms with Gasteiger partial charge in [-0.25, -0.2) is 9.78 Å². The number of nitrogens with two attached hydrogens (primary N) is 1. The van der Waals surface area contributed by atoms with Crippen molar-refractivity contribution in [2.75, 3.05) is 5.73 Å². The van der Waals surface area contributed by atoms with E-state index in [0.29, 0.717) is 11.4 Å². The zero-order chi connectivity index (χ0) is 21.4. The predicted octanol–water partition coefficient (Wildman–Crippen LogP) is 4.87. The lowest BCUT2D eigenvalue weighted by molar-refractivity contribution is -0.130. The Labute approximate surface area is 174 Å².